The van der Waals surface area contributed by atoms with E-state index in [0.717, 1.165) is 0 Å². The highest BCUT2D eigenvalue weighted by Crippen LogP contribution is 2.39. The lowest BCUT2D eigenvalue weighted by Crippen LogP contribution is -2.10. The zero-order chi connectivity index (χ0) is 19.8. The fourth-order valence-electron chi connectivity index (χ4n) is 3.96. The first-order valence-electron chi connectivity index (χ1n) is 10.0. The molecule has 0 fully saturated rings. The Morgan fingerprint density at radius 2 is 1.00 bits per heavy atom. The summed E-state index contributed by atoms with van der Waals surface area (Å²) in [5.74, 6) is 0. The number of hydrogen-bond donors (Lipinski definition) is 0. The number of aryl methyl sites for hydroxylation is 2. The highest BCUT2D eigenvalue weighted by Gasteiger charge is 2.15. The molecule has 0 spiro atoms. The van der Waals surface area contributed by atoms with Crippen LogP contribution in [-0.2, 0) is 0 Å². The van der Waals surface area contributed by atoms with Crippen molar-refractivity contribution in [2.45, 2.75) is 13.8 Å². The third-order valence-electron chi connectivity index (χ3n) is 5.55. The average Bonchev–Trinajstić information content (AvgIpc) is 2.75. The number of rotatable bonds is 3. The molecule has 0 saturated carbocycles. The highest BCUT2D eigenvalue weighted by molar-refractivity contribution is 6.06. The quantitative estimate of drug-likeness (QED) is 0.289. The van der Waals surface area contributed by atoms with Gasteiger partial charge in [0.1, 0.15) is 0 Å². The van der Waals surface area contributed by atoms with Crippen molar-refractivity contribution in [1.82, 2.24) is 0 Å². The Bertz CT molecular complexity index is 1250. The van der Waals surface area contributed by atoms with E-state index in [0.29, 0.717) is 0 Å². The summed E-state index contributed by atoms with van der Waals surface area (Å²) >= 11 is 0. The molecule has 0 atom stereocenters. The van der Waals surface area contributed by atoms with Gasteiger partial charge in [-0.05, 0) is 72.5 Å². The van der Waals surface area contributed by atoms with Crippen LogP contribution in [-0.4, -0.2) is 0 Å². The van der Waals surface area contributed by atoms with E-state index in [1.807, 2.05) is 0 Å². The molecule has 0 heterocycles. The Balaban J connectivity index is 1.79. The summed E-state index contributed by atoms with van der Waals surface area (Å²) in [5, 5.41) is 5.05. The monoisotopic (exact) mass is 373 g/mol. The fraction of sp³-hybridized carbons (Fsp3) is 0.0714. The van der Waals surface area contributed by atoms with Gasteiger partial charge in [-0.15, -0.1) is 0 Å². The second-order valence-electron chi connectivity index (χ2n) is 7.70. The van der Waals surface area contributed by atoms with Gasteiger partial charge in [0.15, 0.2) is 0 Å². The minimum absolute atomic E-state index is 1.17. The molecule has 0 unspecified atom stereocenters. The molecular weight excluding hydrogens is 350 g/mol. The van der Waals surface area contributed by atoms with Crippen LogP contribution in [0.2, 0.25) is 0 Å². The molecule has 1 nitrogen and oxygen atoms in total. The van der Waals surface area contributed by atoms with Crippen LogP contribution in [0.1, 0.15) is 11.1 Å². The molecule has 140 valence electrons. The van der Waals surface area contributed by atoms with Gasteiger partial charge in [-0.1, -0.05) is 71.8 Å². The Hall–Kier alpha value is -3.58. The van der Waals surface area contributed by atoms with Gasteiger partial charge in [-0.3, -0.25) is 0 Å². The van der Waals surface area contributed by atoms with Crippen LogP contribution >= 0.6 is 0 Å². The molecule has 0 aliphatic heterocycles. The largest absolute Gasteiger partial charge is 0.310 e. The van der Waals surface area contributed by atoms with E-state index in [2.05, 4.69) is 122 Å². The summed E-state index contributed by atoms with van der Waals surface area (Å²) in [4.78, 5) is 2.36. The van der Waals surface area contributed by atoms with Crippen molar-refractivity contribution in [1.29, 1.82) is 0 Å². The summed E-state index contributed by atoms with van der Waals surface area (Å²) in [6, 6.07) is 37.3. The molecule has 0 N–H and O–H groups in total. The second-order valence-corrected chi connectivity index (χ2v) is 7.70. The third-order valence-corrected chi connectivity index (χ3v) is 5.55. The lowest BCUT2D eigenvalue weighted by molar-refractivity contribution is 1.28. The van der Waals surface area contributed by atoms with Gasteiger partial charge in [-0.2, -0.15) is 0 Å². The van der Waals surface area contributed by atoms with Crippen molar-refractivity contribution in [2.24, 2.45) is 0 Å². The molecule has 5 rings (SSSR count). The van der Waals surface area contributed by atoms with E-state index in [1.165, 1.54) is 49.7 Å². The van der Waals surface area contributed by atoms with Crippen LogP contribution in [0.4, 0.5) is 17.1 Å². The van der Waals surface area contributed by atoms with Gasteiger partial charge in [-0.25, -0.2) is 0 Å². The van der Waals surface area contributed by atoms with Gasteiger partial charge < -0.3 is 4.90 Å². The maximum atomic E-state index is 2.36. The molecule has 0 aliphatic carbocycles. The van der Waals surface area contributed by atoms with Crippen molar-refractivity contribution in [2.75, 3.05) is 4.90 Å². The maximum Gasteiger partial charge on any atom is 0.0540 e. The van der Waals surface area contributed by atoms with Crippen LogP contribution in [0.5, 0.6) is 0 Å². The first-order chi connectivity index (χ1) is 14.2. The molecule has 29 heavy (non-hydrogen) atoms. The zero-order valence-corrected chi connectivity index (χ0v) is 16.8. The van der Waals surface area contributed by atoms with Crippen molar-refractivity contribution >= 4 is 38.6 Å². The highest BCUT2D eigenvalue weighted by atomic mass is 15.1. The van der Waals surface area contributed by atoms with Gasteiger partial charge >= 0.3 is 0 Å². The Labute approximate surface area is 171 Å². The van der Waals surface area contributed by atoms with E-state index in [4.69, 9.17) is 0 Å². The normalized spacial score (nSPS) is 11.1. The van der Waals surface area contributed by atoms with Gasteiger partial charge in [0.25, 0.3) is 0 Å². The number of anilines is 3. The number of nitrogens with zero attached hydrogens (tertiary/aromatic N) is 1. The number of hydrogen-bond acceptors (Lipinski definition) is 1. The fourth-order valence-corrected chi connectivity index (χ4v) is 3.96. The first kappa shape index (κ1) is 17.5. The van der Waals surface area contributed by atoms with Crippen molar-refractivity contribution in [3.05, 3.63) is 114 Å². The zero-order valence-electron chi connectivity index (χ0n) is 16.8. The Morgan fingerprint density at radius 1 is 0.483 bits per heavy atom. The van der Waals surface area contributed by atoms with Crippen molar-refractivity contribution < 1.29 is 0 Å². The molecule has 0 radical (unpaired) electrons. The standard InChI is InChI=1S/C28H23N/c1-20-10-14-25(15-11-20)29(26-16-12-21(2)13-17-26)28-9-5-8-24-18-22-6-3-4-7-23(22)19-27(24)28/h3-19H,1-2H3. The summed E-state index contributed by atoms with van der Waals surface area (Å²) < 4.78 is 0. The lowest BCUT2D eigenvalue weighted by atomic mass is 10.0. The molecule has 1 heteroatoms. The minimum Gasteiger partial charge on any atom is -0.310 e. The predicted molar refractivity (Wildman–Crippen MR) is 126 cm³/mol. The summed E-state index contributed by atoms with van der Waals surface area (Å²) in [6.07, 6.45) is 0. The SMILES string of the molecule is Cc1ccc(N(c2ccc(C)cc2)c2cccc3cc4ccccc4cc23)cc1. The second kappa shape index (κ2) is 7.10. The summed E-state index contributed by atoms with van der Waals surface area (Å²) in [5.41, 5.74) is 6.06. The summed E-state index contributed by atoms with van der Waals surface area (Å²) in [6.45, 7) is 4.26. The maximum absolute atomic E-state index is 2.36. The molecule has 0 aromatic heterocycles. The minimum atomic E-state index is 1.17. The molecule has 0 amide bonds. The first-order valence-corrected chi connectivity index (χ1v) is 10.0. The Kier molecular flexibility index (Phi) is 4.29. The van der Waals surface area contributed by atoms with E-state index in [9.17, 15) is 0 Å². The van der Waals surface area contributed by atoms with Gasteiger partial charge in [0, 0.05) is 16.8 Å². The van der Waals surface area contributed by atoms with Crippen LogP contribution in [0.15, 0.2) is 103 Å². The molecule has 5 aromatic rings. The van der Waals surface area contributed by atoms with Crippen LogP contribution in [0.25, 0.3) is 21.5 Å². The van der Waals surface area contributed by atoms with E-state index < -0.39 is 0 Å². The van der Waals surface area contributed by atoms with Gasteiger partial charge in [0.2, 0.25) is 0 Å². The van der Waals surface area contributed by atoms with E-state index >= 15 is 0 Å². The molecule has 0 bridgehead atoms. The predicted octanol–water partition coefficient (Wildman–Crippen LogP) is 8.08. The number of benzene rings is 5. The topological polar surface area (TPSA) is 3.24 Å². The van der Waals surface area contributed by atoms with E-state index in [-0.39, 0.29) is 0 Å². The Morgan fingerprint density at radius 3 is 1.59 bits per heavy atom. The van der Waals surface area contributed by atoms with Crippen molar-refractivity contribution in [3.8, 4) is 0 Å². The van der Waals surface area contributed by atoms with Crippen LogP contribution < -0.4 is 4.90 Å². The van der Waals surface area contributed by atoms with Crippen molar-refractivity contribution in [3.63, 3.8) is 0 Å². The molecule has 0 aliphatic rings. The van der Waals surface area contributed by atoms with Crippen LogP contribution in [0.3, 0.4) is 0 Å². The third kappa shape index (κ3) is 3.25. The molecule has 5 aromatic carbocycles. The molecule has 0 saturated heterocycles. The number of fused-ring (bicyclic) bond motifs is 2. The van der Waals surface area contributed by atoms with Gasteiger partial charge in [0.05, 0.1) is 5.69 Å². The van der Waals surface area contributed by atoms with Crippen LogP contribution in [0, 0.1) is 13.8 Å². The lowest BCUT2D eigenvalue weighted by Gasteiger charge is -2.27. The van der Waals surface area contributed by atoms with E-state index in [1.54, 1.807) is 0 Å². The average molecular weight is 373 g/mol. The smallest absolute Gasteiger partial charge is 0.0540 e. The summed E-state index contributed by atoms with van der Waals surface area (Å²) in [7, 11) is 0. The molecular formula is C28H23N.